The molecule has 2 rings (SSSR count). The minimum Gasteiger partial charge on any atom is -2.00 e. The number of benzene rings is 2. The molecule has 0 heterocycles. The van der Waals surface area contributed by atoms with Crippen molar-refractivity contribution in [2.45, 2.75) is 6.92 Å². The summed E-state index contributed by atoms with van der Waals surface area (Å²) in [6.07, 6.45) is 0. The number of halogens is 10. The molecule has 2 aromatic carbocycles. The van der Waals surface area contributed by atoms with Crippen LogP contribution in [0.4, 0.5) is 55.3 Å². The number of rotatable bonds is 8. The second-order valence-electron chi connectivity index (χ2n) is 6.40. The normalized spacial score (nSPS) is 10.1. The molecule has 6 nitrogen and oxygen atoms in total. The Morgan fingerprint density at radius 1 is 0.639 bits per heavy atom. The topological polar surface area (TPSA) is 100 Å². The van der Waals surface area contributed by atoms with Crippen molar-refractivity contribution in [1.82, 2.24) is 4.90 Å². The van der Waals surface area contributed by atoms with Gasteiger partial charge in [0.1, 0.15) is 23.3 Å². The second-order valence-corrected chi connectivity index (χ2v) is 6.40. The van der Waals surface area contributed by atoms with Crippen LogP contribution in [0.15, 0.2) is 0 Å². The zero-order valence-electron chi connectivity index (χ0n) is 18.1. The smallest absolute Gasteiger partial charge is 0.200 e. The van der Waals surface area contributed by atoms with Gasteiger partial charge in [0.15, 0.2) is 34.9 Å². The van der Waals surface area contributed by atoms with Gasteiger partial charge in [0, 0.05) is 26.4 Å². The molecule has 0 saturated heterocycles. The maximum atomic E-state index is 13.5. The Labute approximate surface area is 211 Å². The maximum absolute atomic E-state index is 13.5. The number of carboxylic acid groups (broad SMARTS) is 1. The van der Waals surface area contributed by atoms with E-state index in [1.165, 1.54) is 11.9 Å². The number of aliphatic carboxylic acids is 1. The van der Waals surface area contributed by atoms with Crippen molar-refractivity contribution < 1.29 is 79.7 Å². The van der Waals surface area contributed by atoms with Crippen LogP contribution in [0, 0.1) is 58.2 Å². The summed E-state index contributed by atoms with van der Waals surface area (Å²) in [5.41, 5.74) is -2.71. The molecule has 0 aromatic heterocycles. The van der Waals surface area contributed by atoms with Crippen LogP contribution in [-0.2, 0) is 30.7 Å². The van der Waals surface area contributed by atoms with Gasteiger partial charge in [0.05, 0.1) is 0 Å². The van der Waals surface area contributed by atoms with Crippen LogP contribution in [-0.4, -0.2) is 44.1 Å². The molecule has 0 fully saturated rings. The molecule has 0 spiro atoms. The maximum Gasteiger partial charge on any atom is 0.200 e. The molecule has 17 heteroatoms. The van der Waals surface area contributed by atoms with Gasteiger partial charge in [-0.3, -0.25) is 0 Å². The summed E-state index contributed by atoms with van der Waals surface area (Å²) in [4.78, 5) is 10.2. The molecular weight excluding hydrogens is 694 g/mol. The Kier molecular flexibility index (Phi) is 15.3. The predicted molar refractivity (Wildman–Crippen MR) is 97.1 cm³/mol. The first-order valence-corrected chi connectivity index (χ1v) is 8.96. The van der Waals surface area contributed by atoms with E-state index < -0.39 is 88.6 Å². The fourth-order valence-corrected chi connectivity index (χ4v) is 2.24. The van der Waals surface area contributed by atoms with Crippen LogP contribution in [0.3, 0.4) is 0 Å². The van der Waals surface area contributed by atoms with E-state index in [0.717, 1.165) is 6.92 Å². The van der Waals surface area contributed by atoms with E-state index in [2.05, 4.69) is 10.6 Å². The SMILES string of the molecule is CC(=O)[O-].CN(CC[N-]c1c(F)c(F)c(F)c(F)c1F)CC[N-]c1c(F)c(F)c(F)c(F)c1F.[O-2].[Re]. The van der Waals surface area contributed by atoms with Crippen LogP contribution >= 0.6 is 0 Å². The van der Waals surface area contributed by atoms with E-state index in [9.17, 15) is 43.9 Å². The molecule has 1 radical (unpaired) electrons. The summed E-state index contributed by atoms with van der Waals surface area (Å²) in [7, 11) is 1.38. The number of carbonyl (C=O) groups is 1. The minimum atomic E-state index is -2.32. The zero-order valence-corrected chi connectivity index (χ0v) is 20.8. The van der Waals surface area contributed by atoms with Gasteiger partial charge < -0.3 is 30.9 Å². The Hall–Kier alpha value is -2.61. The summed E-state index contributed by atoms with van der Waals surface area (Å²) < 4.78 is 132. The molecule has 0 aliphatic carbocycles. The van der Waals surface area contributed by atoms with Gasteiger partial charge in [0.2, 0.25) is 0 Å². The summed E-state index contributed by atoms with van der Waals surface area (Å²) in [6, 6.07) is 0. The number of nitrogens with zero attached hydrogens (tertiary/aromatic N) is 3. The number of carboxylic acids is 1. The number of carbonyl (C=O) groups excluding carboxylic acids is 1. The third-order valence-electron chi connectivity index (χ3n) is 3.88. The average molecular weight is 709 g/mol. The molecule has 0 aliphatic heterocycles. The quantitative estimate of drug-likeness (QED) is 0.232. The fourth-order valence-electron chi connectivity index (χ4n) is 2.24. The fraction of sp³-hybridized carbons (Fsp3) is 0.316. The van der Waals surface area contributed by atoms with Crippen molar-refractivity contribution in [3.63, 3.8) is 0 Å². The monoisotopic (exact) mass is 709 g/mol. The van der Waals surface area contributed by atoms with E-state index in [-0.39, 0.29) is 39.0 Å². The summed E-state index contributed by atoms with van der Waals surface area (Å²) in [5, 5.41) is 15.5. The van der Waals surface area contributed by atoms with E-state index in [1.807, 2.05) is 0 Å². The van der Waals surface area contributed by atoms with Crippen molar-refractivity contribution in [2.75, 3.05) is 33.2 Å². The molecule has 36 heavy (non-hydrogen) atoms. The van der Waals surface area contributed by atoms with Crippen LogP contribution in [0.1, 0.15) is 6.92 Å². The molecule has 2 aromatic rings. The van der Waals surface area contributed by atoms with Crippen LogP contribution in [0.25, 0.3) is 10.6 Å². The molecule has 0 saturated carbocycles. The van der Waals surface area contributed by atoms with Crippen molar-refractivity contribution in [3.8, 4) is 0 Å². The van der Waals surface area contributed by atoms with Gasteiger partial charge in [-0.05, 0) is 27.1 Å². The Morgan fingerprint density at radius 2 is 0.833 bits per heavy atom. The number of likely N-dealkylation sites (N-methyl/N-ethyl adjacent to an activating group) is 1. The van der Waals surface area contributed by atoms with E-state index in [1.54, 1.807) is 0 Å². The third-order valence-corrected chi connectivity index (χ3v) is 3.88. The van der Waals surface area contributed by atoms with Crippen molar-refractivity contribution >= 4 is 17.3 Å². The number of hydrogen-bond donors (Lipinski definition) is 0. The van der Waals surface area contributed by atoms with Gasteiger partial charge in [0.25, 0.3) is 0 Å². The molecule has 205 valence electrons. The van der Waals surface area contributed by atoms with E-state index in [4.69, 9.17) is 9.90 Å². The number of hydrogen-bond acceptors (Lipinski definition) is 3. The van der Waals surface area contributed by atoms with Gasteiger partial charge in [-0.15, -0.1) is 13.1 Å². The molecule has 0 N–H and O–H groups in total. The molecule has 0 bridgehead atoms. The second kappa shape index (κ2) is 15.5. The van der Waals surface area contributed by atoms with Gasteiger partial charge in [-0.2, -0.15) is 0 Å². The van der Waals surface area contributed by atoms with Crippen molar-refractivity contribution in [3.05, 3.63) is 68.8 Å². The molecular formula is C19H14F10N3O3Re-5. The first-order valence-electron chi connectivity index (χ1n) is 8.96. The predicted octanol–water partition coefficient (Wildman–Crippen LogP) is 4.35. The molecule has 0 aliphatic rings. The zero-order chi connectivity index (χ0) is 26.3. The molecule has 0 amide bonds. The standard InChI is InChI=1S/C17H11F10N3.C2H4O2.O.Re/c1-30(4-2-28-16-12(24)8(20)6(18)9(21)13(16)25)5-3-29-17-14(26)10(22)7(19)11(23)15(17)27;1-2(3)4;;/h2-5H2,1H3;1H3,(H,3,4);;/q-2;;-2;/p-1. The van der Waals surface area contributed by atoms with Gasteiger partial charge in [-0.25, -0.2) is 43.9 Å². The van der Waals surface area contributed by atoms with E-state index in [0.29, 0.717) is 0 Å². The first-order chi connectivity index (χ1) is 15.7. The molecule has 0 unspecified atom stereocenters. The van der Waals surface area contributed by atoms with Gasteiger partial charge >= 0.3 is 0 Å². The first kappa shape index (κ1) is 35.6. The average Bonchev–Trinajstić information content (AvgIpc) is 2.77. The summed E-state index contributed by atoms with van der Waals surface area (Å²) in [6.45, 7) is -0.132. The van der Waals surface area contributed by atoms with Crippen LogP contribution in [0.5, 0.6) is 0 Å². The Bertz CT molecular complexity index is 925. The largest absolute Gasteiger partial charge is 2.00 e. The van der Waals surface area contributed by atoms with Gasteiger partial charge in [-0.1, -0.05) is 11.4 Å². The molecule has 0 atom stereocenters. The third kappa shape index (κ3) is 8.80. The van der Waals surface area contributed by atoms with Crippen molar-refractivity contribution in [1.29, 1.82) is 0 Å². The Morgan fingerprint density at radius 3 is 1.06 bits per heavy atom. The minimum absolute atomic E-state index is 0. The van der Waals surface area contributed by atoms with Crippen LogP contribution in [0.2, 0.25) is 0 Å². The van der Waals surface area contributed by atoms with Crippen LogP contribution < -0.4 is 5.11 Å². The van der Waals surface area contributed by atoms with E-state index >= 15 is 0 Å². The Balaban J connectivity index is 0. The summed E-state index contributed by atoms with van der Waals surface area (Å²) >= 11 is 0. The van der Waals surface area contributed by atoms with Crippen molar-refractivity contribution in [2.24, 2.45) is 0 Å². The summed E-state index contributed by atoms with van der Waals surface area (Å²) in [5.74, 6) is -22.7.